The molecule has 0 fully saturated rings. The van der Waals surface area contributed by atoms with Gasteiger partial charge in [-0.05, 0) is 60.0 Å². The predicted molar refractivity (Wildman–Crippen MR) is 133 cm³/mol. The number of halogens is 4. The van der Waals surface area contributed by atoms with Crippen molar-refractivity contribution in [3.63, 3.8) is 0 Å². The van der Waals surface area contributed by atoms with Crippen molar-refractivity contribution >= 4 is 29.0 Å². The van der Waals surface area contributed by atoms with Gasteiger partial charge in [0.2, 0.25) is 5.69 Å². The molecular formula is C28H18ClF3N2O3. The second-order valence-corrected chi connectivity index (χ2v) is 9.11. The van der Waals surface area contributed by atoms with Crippen LogP contribution in [0.25, 0.3) is 11.1 Å². The molecule has 2 heterocycles. The van der Waals surface area contributed by atoms with Crippen LogP contribution in [0.2, 0.25) is 5.02 Å². The molecule has 0 unspecified atom stereocenters. The zero-order valence-corrected chi connectivity index (χ0v) is 19.8. The number of rotatable bonds is 6. The highest BCUT2D eigenvalue weighted by atomic mass is 35.5. The second kappa shape index (κ2) is 9.71. The first-order chi connectivity index (χ1) is 17.7. The molecule has 1 aromatic heterocycles. The van der Waals surface area contributed by atoms with Crippen LogP contribution in [0.3, 0.4) is 0 Å². The zero-order valence-electron chi connectivity index (χ0n) is 19.1. The number of carboxylic acid groups (broad SMARTS) is 1. The average Bonchev–Trinajstić information content (AvgIpc) is 3.30. The Bertz CT molecular complexity index is 1570. The van der Waals surface area contributed by atoms with Gasteiger partial charge in [0, 0.05) is 18.2 Å². The van der Waals surface area contributed by atoms with Gasteiger partial charge in [-0.15, -0.1) is 0 Å². The number of pyridine rings is 1. The molecule has 186 valence electrons. The van der Waals surface area contributed by atoms with Gasteiger partial charge >= 0.3 is 5.97 Å². The van der Waals surface area contributed by atoms with Crippen LogP contribution >= 0.6 is 11.6 Å². The van der Waals surface area contributed by atoms with Gasteiger partial charge in [-0.3, -0.25) is 4.99 Å². The number of carboxylic acids is 1. The largest absolute Gasteiger partial charge is 0.618 e. The lowest BCUT2D eigenvalue weighted by atomic mass is 9.88. The predicted octanol–water partition coefficient (Wildman–Crippen LogP) is 6.41. The van der Waals surface area contributed by atoms with Gasteiger partial charge in [-0.2, -0.15) is 4.73 Å². The summed E-state index contributed by atoms with van der Waals surface area (Å²) in [5.41, 5.74) is 2.61. The number of carbonyl (C=O) groups is 1. The number of nitrogens with zero attached hydrogens (tertiary/aromatic N) is 2. The summed E-state index contributed by atoms with van der Waals surface area (Å²) >= 11 is 5.81. The molecule has 0 saturated heterocycles. The number of aromatic nitrogens is 1. The van der Waals surface area contributed by atoms with Gasteiger partial charge in [0.05, 0.1) is 33.3 Å². The molecule has 3 aromatic carbocycles. The first kappa shape index (κ1) is 24.5. The number of fused-ring (bicyclic) bond motifs is 1. The molecule has 1 aliphatic heterocycles. The first-order valence-corrected chi connectivity index (χ1v) is 11.6. The topological polar surface area (TPSA) is 76.6 Å². The highest BCUT2D eigenvalue weighted by molar-refractivity contribution is 6.31. The van der Waals surface area contributed by atoms with E-state index in [2.05, 4.69) is 4.99 Å². The zero-order chi connectivity index (χ0) is 26.3. The average molecular weight is 523 g/mol. The van der Waals surface area contributed by atoms with Crippen LogP contribution in [-0.2, 0) is 12.8 Å². The summed E-state index contributed by atoms with van der Waals surface area (Å²) < 4.78 is 43.0. The lowest BCUT2D eigenvalue weighted by Crippen LogP contribution is -2.36. The molecule has 5 rings (SSSR count). The highest BCUT2D eigenvalue weighted by Crippen LogP contribution is 2.35. The molecule has 0 aliphatic carbocycles. The van der Waals surface area contributed by atoms with Gasteiger partial charge in [-0.25, -0.2) is 18.0 Å². The van der Waals surface area contributed by atoms with E-state index in [1.165, 1.54) is 36.4 Å². The molecule has 1 atom stereocenters. The number of hydrogen-bond donors (Lipinski definition) is 1. The molecule has 1 N–H and O–H groups in total. The maximum Gasteiger partial charge on any atom is 0.335 e. The fourth-order valence-corrected chi connectivity index (χ4v) is 4.65. The van der Waals surface area contributed by atoms with Gasteiger partial charge in [0.25, 0.3) is 0 Å². The van der Waals surface area contributed by atoms with E-state index >= 15 is 0 Å². The lowest BCUT2D eigenvalue weighted by Gasteiger charge is -2.18. The molecule has 4 aromatic rings. The molecular weight excluding hydrogens is 505 g/mol. The standard InChI is InChI=1S/C28H18ClF3N2O3/c29-21-8-9-22(31)26(27(21)32)18-5-10-25(34(37)14-18)20(11-15-1-6-19(30)7-2-15)24-12-16-3-4-17(28(35)36)13-23(16)33-24/h1-10,13-14,20H,11-12H2,(H,35,36)/t20-/m1/s1. The quantitative estimate of drug-likeness (QED) is 0.180. The van der Waals surface area contributed by atoms with Crippen molar-refractivity contribution in [1.82, 2.24) is 0 Å². The van der Waals surface area contributed by atoms with E-state index in [-0.39, 0.29) is 21.8 Å². The minimum Gasteiger partial charge on any atom is -0.618 e. The van der Waals surface area contributed by atoms with E-state index < -0.39 is 34.9 Å². The summed E-state index contributed by atoms with van der Waals surface area (Å²) in [6.07, 6.45) is 1.75. The van der Waals surface area contributed by atoms with Crippen LogP contribution in [0.1, 0.15) is 33.1 Å². The second-order valence-electron chi connectivity index (χ2n) is 8.70. The SMILES string of the molecule is O=C(O)c1ccc2c(c1)N=C([C@@H](Cc1ccc(F)cc1)c1ccc(-c3c(F)ccc(Cl)c3F)c[n+]1[O-])C2. The Balaban J connectivity index is 1.57. The fraction of sp³-hybridized carbons (Fsp3) is 0.107. The molecule has 0 spiro atoms. The van der Waals surface area contributed by atoms with Gasteiger partial charge in [0.1, 0.15) is 11.6 Å². The molecule has 0 radical (unpaired) electrons. The number of hydrogen-bond acceptors (Lipinski definition) is 3. The maximum atomic E-state index is 14.6. The number of benzene rings is 3. The van der Waals surface area contributed by atoms with Crippen LogP contribution in [0.15, 0.2) is 77.9 Å². The summed E-state index contributed by atoms with van der Waals surface area (Å²) in [6.45, 7) is 0. The Morgan fingerprint density at radius 3 is 2.51 bits per heavy atom. The minimum atomic E-state index is -1.08. The van der Waals surface area contributed by atoms with E-state index in [0.29, 0.717) is 29.0 Å². The third-order valence-electron chi connectivity index (χ3n) is 6.36. The summed E-state index contributed by atoms with van der Waals surface area (Å²) in [7, 11) is 0. The maximum absolute atomic E-state index is 14.6. The Morgan fingerprint density at radius 2 is 1.81 bits per heavy atom. The molecule has 5 nitrogen and oxygen atoms in total. The van der Waals surface area contributed by atoms with E-state index in [9.17, 15) is 28.3 Å². The van der Waals surface area contributed by atoms with E-state index in [0.717, 1.165) is 29.5 Å². The van der Waals surface area contributed by atoms with Gasteiger partial charge in [0.15, 0.2) is 12.0 Å². The van der Waals surface area contributed by atoms with Crippen molar-refractivity contribution < 1.29 is 27.8 Å². The van der Waals surface area contributed by atoms with Crippen molar-refractivity contribution in [3.05, 3.63) is 123 Å². The summed E-state index contributed by atoms with van der Waals surface area (Å²) in [6, 6.07) is 15.5. The third-order valence-corrected chi connectivity index (χ3v) is 6.65. The van der Waals surface area contributed by atoms with E-state index in [1.807, 2.05) is 0 Å². The fourth-order valence-electron chi connectivity index (χ4n) is 4.49. The Morgan fingerprint density at radius 1 is 1.05 bits per heavy atom. The molecule has 0 bridgehead atoms. The minimum absolute atomic E-state index is 0.0135. The summed E-state index contributed by atoms with van der Waals surface area (Å²) in [5, 5.41) is 22.3. The van der Waals surface area contributed by atoms with Crippen LogP contribution in [0.4, 0.5) is 18.9 Å². The number of aliphatic imine (C=N–C) groups is 1. The summed E-state index contributed by atoms with van der Waals surface area (Å²) in [4.78, 5) is 16.0. The lowest BCUT2D eigenvalue weighted by molar-refractivity contribution is -0.614. The van der Waals surface area contributed by atoms with Gasteiger partial charge in [-0.1, -0.05) is 29.8 Å². The van der Waals surface area contributed by atoms with Crippen molar-refractivity contribution in [3.8, 4) is 11.1 Å². The molecule has 1 aliphatic rings. The Kier molecular flexibility index (Phi) is 6.43. The van der Waals surface area contributed by atoms with Crippen LogP contribution in [0.5, 0.6) is 0 Å². The molecule has 0 amide bonds. The molecule has 37 heavy (non-hydrogen) atoms. The summed E-state index contributed by atoms with van der Waals surface area (Å²) in [5.74, 6) is -3.89. The van der Waals surface area contributed by atoms with Crippen molar-refractivity contribution in [1.29, 1.82) is 0 Å². The molecule has 9 heteroatoms. The molecule has 0 saturated carbocycles. The normalized spacial score (nSPS) is 13.2. The monoisotopic (exact) mass is 522 g/mol. The highest BCUT2D eigenvalue weighted by Gasteiger charge is 2.31. The van der Waals surface area contributed by atoms with E-state index in [4.69, 9.17) is 11.6 Å². The smallest absolute Gasteiger partial charge is 0.335 e. The Labute approximate surface area is 214 Å². The van der Waals surface area contributed by atoms with Crippen LogP contribution in [0, 0.1) is 22.7 Å². The van der Waals surface area contributed by atoms with Crippen molar-refractivity contribution in [2.75, 3.05) is 0 Å². The third kappa shape index (κ3) is 4.80. The Hall–Kier alpha value is -4.17. The van der Waals surface area contributed by atoms with Gasteiger partial charge < -0.3 is 10.3 Å². The van der Waals surface area contributed by atoms with Crippen LogP contribution in [-0.4, -0.2) is 16.8 Å². The van der Waals surface area contributed by atoms with Crippen LogP contribution < -0.4 is 4.73 Å². The van der Waals surface area contributed by atoms with Crippen molar-refractivity contribution in [2.45, 2.75) is 18.8 Å². The number of aromatic carboxylic acids is 1. The van der Waals surface area contributed by atoms with E-state index in [1.54, 1.807) is 18.2 Å². The van der Waals surface area contributed by atoms with Crippen molar-refractivity contribution in [2.24, 2.45) is 4.99 Å². The first-order valence-electron chi connectivity index (χ1n) is 11.3.